The lowest BCUT2D eigenvalue weighted by Crippen LogP contribution is -2.16. The lowest BCUT2D eigenvalue weighted by atomic mass is 10.1. The number of thioether (sulfide) groups is 1. The predicted octanol–water partition coefficient (Wildman–Crippen LogP) is 4.16. The molecule has 136 valence electrons. The molecule has 1 aromatic heterocycles. The van der Waals surface area contributed by atoms with Crippen molar-refractivity contribution >= 4 is 22.5 Å². The van der Waals surface area contributed by atoms with Crippen molar-refractivity contribution in [1.82, 2.24) is 14.9 Å². The fourth-order valence-electron chi connectivity index (χ4n) is 2.77. The molecule has 0 aliphatic heterocycles. The molecule has 4 aromatic rings. The number of nitrogens with zero attached hydrogens (tertiary/aromatic N) is 3. The summed E-state index contributed by atoms with van der Waals surface area (Å²) in [4.78, 5) is 0. The van der Waals surface area contributed by atoms with Gasteiger partial charge in [-0.25, -0.2) is 9.07 Å². The average molecular weight is 380 g/mol. The van der Waals surface area contributed by atoms with Gasteiger partial charge in [0.1, 0.15) is 6.61 Å². The molecule has 0 saturated heterocycles. The van der Waals surface area contributed by atoms with Crippen molar-refractivity contribution in [1.29, 1.82) is 0 Å². The Balaban J connectivity index is 1.45. The van der Waals surface area contributed by atoms with Crippen molar-refractivity contribution in [3.63, 3.8) is 0 Å². The minimum Gasteiger partial charge on any atom is -0.482 e. The summed E-state index contributed by atoms with van der Waals surface area (Å²) in [6.07, 6.45) is 0. The lowest BCUT2D eigenvalue weighted by molar-refractivity contribution is 0.277. The monoisotopic (exact) mass is 380 g/mol. The first-order chi connectivity index (χ1) is 13.2. The number of fused-ring (bicyclic) bond motifs is 1. The molecule has 2 N–H and O–H groups in total. The smallest absolute Gasteiger partial charge is 0.210 e. The SMILES string of the molecule is Nn1c(COc2ccccc2F)nnc1SCc1cccc2ccccc12. The second kappa shape index (κ2) is 7.67. The van der Waals surface area contributed by atoms with E-state index in [9.17, 15) is 4.39 Å². The van der Waals surface area contributed by atoms with Crippen LogP contribution in [0.25, 0.3) is 10.8 Å². The summed E-state index contributed by atoms with van der Waals surface area (Å²) in [6.45, 7) is 0.0409. The summed E-state index contributed by atoms with van der Waals surface area (Å²) >= 11 is 1.50. The zero-order valence-electron chi connectivity index (χ0n) is 14.4. The van der Waals surface area contributed by atoms with E-state index in [-0.39, 0.29) is 12.4 Å². The van der Waals surface area contributed by atoms with Crippen LogP contribution in [0.15, 0.2) is 71.9 Å². The molecule has 7 heteroatoms. The highest BCUT2D eigenvalue weighted by Gasteiger charge is 2.12. The summed E-state index contributed by atoms with van der Waals surface area (Å²) in [6, 6.07) is 20.7. The van der Waals surface area contributed by atoms with Crippen LogP contribution in [0.3, 0.4) is 0 Å². The van der Waals surface area contributed by atoms with Crippen molar-refractivity contribution in [3.05, 3.63) is 83.9 Å². The maximum absolute atomic E-state index is 13.6. The van der Waals surface area contributed by atoms with Gasteiger partial charge < -0.3 is 10.6 Å². The first kappa shape index (κ1) is 17.4. The molecule has 0 radical (unpaired) electrons. The number of aromatic nitrogens is 3. The number of nitrogen functional groups attached to an aromatic ring is 1. The molecule has 5 nitrogen and oxygen atoms in total. The highest BCUT2D eigenvalue weighted by atomic mass is 32.2. The molecule has 0 amide bonds. The number of hydrogen-bond acceptors (Lipinski definition) is 5. The van der Waals surface area contributed by atoms with Crippen molar-refractivity contribution < 1.29 is 9.13 Å². The van der Waals surface area contributed by atoms with Gasteiger partial charge >= 0.3 is 0 Å². The number of nitrogens with two attached hydrogens (primary N) is 1. The van der Waals surface area contributed by atoms with Gasteiger partial charge in [-0.3, -0.25) is 0 Å². The third kappa shape index (κ3) is 3.73. The van der Waals surface area contributed by atoms with E-state index in [1.807, 2.05) is 18.2 Å². The minimum absolute atomic E-state index is 0.0409. The van der Waals surface area contributed by atoms with E-state index in [0.29, 0.717) is 16.7 Å². The lowest BCUT2D eigenvalue weighted by Gasteiger charge is -2.08. The second-order valence-electron chi connectivity index (χ2n) is 5.91. The molecule has 1 heterocycles. The summed E-state index contributed by atoms with van der Waals surface area (Å²) in [5.41, 5.74) is 1.20. The standard InChI is InChI=1S/C20H17FN4OS/c21-17-10-3-4-11-18(17)26-12-19-23-24-20(25(19)22)27-13-15-8-5-7-14-6-1-2-9-16(14)15/h1-11H,12-13,22H2. The van der Waals surface area contributed by atoms with Crippen LogP contribution in [0.4, 0.5) is 4.39 Å². The molecule has 0 aliphatic carbocycles. The van der Waals surface area contributed by atoms with Gasteiger partial charge in [-0.05, 0) is 28.5 Å². The highest BCUT2D eigenvalue weighted by Crippen LogP contribution is 2.26. The number of ether oxygens (including phenoxy) is 1. The van der Waals surface area contributed by atoms with E-state index in [1.165, 1.54) is 38.8 Å². The third-order valence-corrected chi connectivity index (χ3v) is 5.16. The largest absolute Gasteiger partial charge is 0.482 e. The van der Waals surface area contributed by atoms with Crippen LogP contribution in [-0.4, -0.2) is 14.9 Å². The predicted molar refractivity (Wildman–Crippen MR) is 104 cm³/mol. The normalized spacial score (nSPS) is 11.0. The molecule has 0 unspecified atom stereocenters. The second-order valence-corrected chi connectivity index (χ2v) is 6.86. The number of para-hydroxylation sites is 1. The average Bonchev–Trinajstić information content (AvgIpc) is 3.05. The Hall–Kier alpha value is -3.06. The molecular formula is C20H17FN4OS. The Morgan fingerprint density at radius 2 is 1.74 bits per heavy atom. The maximum atomic E-state index is 13.6. The first-order valence-electron chi connectivity index (χ1n) is 8.38. The van der Waals surface area contributed by atoms with Gasteiger partial charge in [0.2, 0.25) is 5.16 Å². The van der Waals surface area contributed by atoms with Gasteiger partial charge in [-0.2, -0.15) is 0 Å². The van der Waals surface area contributed by atoms with E-state index >= 15 is 0 Å². The van der Waals surface area contributed by atoms with Crippen LogP contribution in [-0.2, 0) is 12.4 Å². The Kier molecular flexibility index (Phi) is 4.93. The molecule has 0 fully saturated rings. The summed E-state index contributed by atoms with van der Waals surface area (Å²) in [5, 5.41) is 11.2. The fourth-order valence-corrected chi connectivity index (χ4v) is 3.65. The van der Waals surface area contributed by atoms with Gasteiger partial charge in [-0.1, -0.05) is 66.4 Å². The maximum Gasteiger partial charge on any atom is 0.210 e. The van der Waals surface area contributed by atoms with E-state index < -0.39 is 5.82 Å². The molecule has 0 spiro atoms. The molecule has 27 heavy (non-hydrogen) atoms. The summed E-state index contributed by atoms with van der Waals surface area (Å²) in [7, 11) is 0. The van der Waals surface area contributed by atoms with E-state index in [0.717, 1.165) is 0 Å². The molecule has 0 bridgehead atoms. The fraction of sp³-hybridized carbons (Fsp3) is 0.100. The molecule has 3 aromatic carbocycles. The van der Waals surface area contributed by atoms with Gasteiger partial charge in [0.15, 0.2) is 17.4 Å². The quantitative estimate of drug-likeness (QED) is 0.402. The minimum atomic E-state index is -0.425. The molecular weight excluding hydrogens is 363 g/mol. The van der Waals surface area contributed by atoms with Gasteiger partial charge in [0, 0.05) is 5.75 Å². The first-order valence-corrected chi connectivity index (χ1v) is 9.37. The number of benzene rings is 3. The Morgan fingerprint density at radius 3 is 2.63 bits per heavy atom. The van der Waals surface area contributed by atoms with Crippen molar-refractivity contribution in [2.75, 3.05) is 5.84 Å². The van der Waals surface area contributed by atoms with E-state index in [4.69, 9.17) is 10.6 Å². The molecule has 0 aliphatic rings. The van der Waals surface area contributed by atoms with Crippen LogP contribution in [0.5, 0.6) is 5.75 Å². The Morgan fingerprint density at radius 1 is 0.963 bits per heavy atom. The topological polar surface area (TPSA) is 66.0 Å². The van der Waals surface area contributed by atoms with Gasteiger partial charge in [0.05, 0.1) is 0 Å². The van der Waals surface area contributed by atoms with Crippen LogP contribution >= 0.6 is 11.8 Å². The highest BCUT2D eigenvalue weighted by molar-refractivity contribution is 7.98. The van der Waals surface area contributed by atoms with Gasteiger partial charge in [0.25, 0.3) is 0 Å². The van der Waals surface area contributed by atoms with Crippen LogP contribution in [0.1, 0.15) is 11.4 Å². The van der Waals surface area contributed by atoms with Crippen LogP contribution in [0.2, 0.25) is 0 Å². The summed E-state index contributed by atoms with van der Waals surface area (Å²) < 4.78 is 20.5. The molecule has 0 saturated carbocycles. The van der Waals surface area contributed by atoms with Crippen molar-refractivity contribution in [2.45, 2.75) is 17.5 Å². The number of rotatable bonds is 6. The van der Waals surface area contributed by atoms with Crippen LogP contribution < -0.4 is 10.6 Å². The number of hydrogen-bond donors (Lipinski definition) is 1. The number of halogens is 1. The molecule has 4 rings (SSSR count). The molecule has 0 atom stereocenters. The Bertz CT molecular complexity index is 1080. The zero-order chi connectivity index (χ0) is 18.6. The Labute approximate surface area is 159 Å². The third-order valence-electron chi connectivity index (χ3n) is 4.17. The summed E-state index contributed by atoms with van der Waals surface area (Å²) in [5.74, 6) is 6.95. The van der Waals surface area contributed by atoms with Gasteiger partial charge in [-0.15, -0.1) is 10.2 Å². The van der Waals surface area contributed by atoms with Crippen LogP contribution in [0, 0.1) is 5.82 Å². The van der Waals surface area contributed by atoms with Crippen molar-refractivity contribution in [3.8, 4) is 5.75 Å². The van der Waals surface area contributed by atoms with E-state index in [1.54, 1.807) is 18.2 Å². The zero-order valence-corrected chi connectivity index (χ0v) is 15.2. The van der Waals surface area contributed by atoms with E-state index in [2.05, 4.69) is 34.5 Å². The van der Waals surface area contributed by atoms with Crippen molar-refractivity contribution in [2.24, 2.45) is 0 Å².